The van der Waals surface area contributed by atoms with Crippen molar-refractivity contribution < 1.29 is 22.7 Å². The van der Waals surface area contributed by atoms with Gasteiger partial charge < -0.3 is 15.0 Å². The topological polar surface area (TPSA) is 80.2 Å². The number of carbonyl (C=O) groups excluding carboxylic acids is 1. The number of hydrogen-bond donors (Lipinski definition) is 1. The Morgan fingerprint density at radius 3 is 2.44 bits per heavy atom. The highest BCUT2D eigenvalue weighted by Gasteiger charge is 2.31. The van der Waals surface area contributed by atoms with Gasteiger partial charge in [-0.05, 0) is 36.8 Å². The van der Waals surface area contributed by atoms with Crippen molar-refractivity contribution in [2.45, 2.75) is 26.1 Å². The van der Waals surface area contributed by atoms with Gasteiger partial charge in [0.2, 0.25) is 0 Å². The minimum Gasteiger partial charge on any atom is -0.406 e. The monoisotopic (exact) mass is 445 g/mol. The summed E-state index contributed by atoms with van der Waals surface area (Å²) in [5, 5.41) is 2.65. The van der Waals surface area contributed by atoms with Crippen molar-refractivity contribution in [1.82, 2.24) is 15.0 Å². The molecule has 0 saturated heterocycles. The lowest BCUT2D eigenvalue weighted by molar-refractivity contribution is -0.274. The molecule has 3 aromatic rings. The fraction of sp³-hybridized carbons (Fsp3) is 0.273. The first kappa shape index (κ1) is 23.0. The van der Waals surface area contributed by atoms with Gasteiger partial charge in [-0.15, -0.1) is 13.2 Å². The van der Waals surface area contributed by atoms with Gasteiger partial charge in [0, 0.05) is 49.0 Å². The second-order valence-electron chi connectivity index (χ2n) is 7.02. The fourth-order valence-corrected chi connectivity index (χ4v) is 2.98. The molecule has 2 heterocycles. The average Bonchev–Trinajstić information content (AvgIpc) is 2.78. The third-order valence-electron chi connectivity index (χ3n) is 4.55. The molecule has 0 spiro atoms. The number of amides is 1. The van der Waals surface area contributed by atoms with Crippen LogP contribution < -0.4 is 15.0 Å². The van der Waals surface area contributed by atoms with Crippen LogP contribution in [0.1, 0.15) is 30.1 Å². The van der Waals surface area contributed by atoms with Crippen LogP contribution in [0.2, 0.25) is 0 Å². The van der Waals surface area contributed by atoms with Crippen LogP contribution in [0, 0.1) is 0 Å². The zero-order chi connectivity index (χ0) is 23.1. The van der Waals surface area contributed by atoms with Gasteiger partial charge in [0.25, 0.3) is 5.91 Å². The lowest BCUT2D eigenvalue weighted by Gasteiger charge is -2.21. The molecule has 0 radical (unpaired) electrons. The number of anilines is 2. The number of carbonyl (C=O) groups is 1. The predicted molar refractivity (Wildman–Crippen MR) is 115 cm³/mol. The van der Waals surface area contributed by atoms with Crippen LogP contribution in [-0.2, 0) is 0 Å². The molecule has 0 unspecified atom stereocenters. The maximum atomic E-state index is 12.8. The summed E-state index contributed by atoms with van der Waals surface area (Å²) in [6.45, 7) is 2.89. The van der Waals surface area contributed by atoms with Crippen molar-refractivity contribution in [3.8, 4) is 16.9 Å². The summed E-state index contributed by atoms with van der Waals surface area (Å²) < 4.78 is 40.7. The summed E-state index contributed by atoms with van der Waals surface area (Å²) in [6, 6.07) is 6.59. The first-order valence-corrected chi connectivity index (χ1v) is 9.90. The summed E-state index contributed by atoms with van der Waals surface area (Å²) in [5.41, 5.74) is 2.01. The Kier molecular flexibility index (Phi) is 7.24. The van der Waals surface area contributed by atoms with Gasteiger partial charge in [0.15, 0.2) is 0 Å². The molecule has 7 nitrogen and oxygen atoms in total. The smallest absolute Gasteiger partial charge is 0.406 e. The molecule has 1 aromatic carbocycles. The number of rotatable bonds is 8. The van der Waals surface area contributed by atoms with Crippen LogP contribution in [0.5, 0.6) is 5.75 Å². The van der Waals surface area contributed by atoms with Gasteiger partial charge in [-0.2, -0.15) is 0 Å². The van der Waals surface area contributed by atoms with E-state index < -0.39 is 12.3 Å². The van der Waals surface area contributed by atoms with E-state index in [-0.39, 0.29) is 11.3 Å². The van der Waals surface area contributed by atoms with E-state index in [1.54, 1.807) is 18.5 Å². The molecule has 1 N–H and O–H groups in total. The summed E-state index contributed by atoms with van der Waals surface area (Å²) in [7, 11) is 1.93. The van der Waals surface area contributed by atoms with Crippen molar-refractivity contribution in [3.63, 3.8) is 0 Å². The second kappa shape index (κ2) is 10.1. The SMILES string of the molecule is CCCCN(C)c1ncc(C(=O)Nc2ccc(OC(F)(F)F)cc2)cc1-c1cncnc1. The van der Waals surface area contributed by atoms with E-state index in [1.807, 2.05) is 11.9 Å². The minimum absolute atomic E-state index is 0.284. The quantitative estimate of drug-likeness (QED) is 0.530. The van der Waals surface area contributed by atoms with E-state index in [1.165, 1.54) is 24.7 Å². The highest BCUT2D eigenvalue weighted by molar-refractivity contribution is 6.05. The summed E-state index contributed by atoms with van der Waals surface area (Å²) in [6.07, 6.45) is 3.40. The number of unbranched alkanes of at least 4 members (excludes halogenated alkanes) is 1. The highest BCUT2D eigenvalue weighted by Crippen LogP contribution is 2.29. The fourth-order valence-electron chi connectivity index (χ4n) is 2.98. The zero-order valence-corrected chi connectivity index (χ0v) is 17.6. The van der Waals surface area contributed by atoms with Crippen molar-refractivity contribution in [3.05, 3.63) is 60.8 Å². The maximum absolute atomic E-state index is 12.8. The van der Waals surface area contributed by atoms with Crippen molar-refractivity contribution in [1.29, 1.82) is 0 Å². The molecule has 3 rings (SSSR count). The van der Waals surface area contributed by atoms with Gasteiger partial charge in [-0.1, -0.05) is 13.3 Å². The molecule has 168 valence electrons. The molecule has 0 bridgehead atoms. The highest BCUT2D eigenvalue weighted by atomic mass is 19.4. The first-order valence-electron chi connectivity index (χ1n) is 9.90. The molecule has 0 saturated carbocycles. The van der Waals surface area contributed by atoms with Crippen LogP contribution in [0.4, 0.5) is 24.7 Å². The number of aromatic nitrogens is 3. The van der Waals surface area contributed by atoms with E-state index in [2.05, 4.69) is 31.9 Å². The Balaban J connectivity index is 1.83. The molecule has 10 heteroatoms. The molecule has 0 fully saturated rings. The minimum atomic E-state index is -4.78. The van der Waals surface area contributed by atoms with Crippen LogP contribution in [-0.4, -0.2) is 40.8 Å². The summed E-state index contributed by atoms with van der Waals surface area (Å²) in [5.74, 6) is -0.135. The number of halogens is 3. The lowest BCUT2D eigenvalue weighted by atomic mass is 10.1. The molecule has 0 aliphatic carbocycles. The number of ether oxygens (including phenoxy) is 1. The third-order valence-corrected chi connectivity index (χ3v) is 4.55. The number of alkyl halides is 3. The molecule has 0 aliphatic rings. The van der Waals surface area contributed by atoms with Crippen LogP contribution in [0.25, 0.3) is 11.1 Å². The van der Waals surface area contributed by atoms with Crippen LogP contribution in [0.15, 0.2) is 55.2 Å². The van der Waals surface area contributed by atoms with E-state index in [0.29, 0.717) is 22.6 Å². The van der Waals surface area contributed by atoms with E-state index >= 15 is 0 Å². The van der Waals surface area contributed by atoms with Gasteiger partial charge >= 0.3 is 6.36 Å². The van der Waals surface area contributed by atoms with Gasteiger partial charge in [0.1, 0.15) is 17.9 Å². The van der Waals surface area contributed by atoms with Crippen LogP contribution in [0.3, 0.4) is 0 Å². The van der Waals surface area contributed by atoms with Crippen molar-refractivity contribution >= 4 is 17.4 Å². The standard InChI is InChI=1S/C22H22F3N5O2/c1-3-4-9-30(2)20-19(16-11-26-14-27-12-16)10-15(13-28-20)21(31)29-17-5-7-18(8-6-17)32-22(23,24)25/h5-8,10-14H,3-4,9H2,1-2H3,(H,29,31). The number of nitrogens with one attached hydrogen (secondary N) is 1. The number of benzene rings is 1. The van der Waals surface area contributed by atoms with E-state index in [4.69, 9.17) is 0 Å². The first-order chi connectivity index (χ1) is 15.3. The van der Waals surface area contributed by atoms with Gasteiger partial charge in [0.05, 0.1) is 5.56 Å². The molecule has 0 atom stereocenters. The van der Waals surface area contributed by atoms with E-state index in [0.717, 1.165) is 31.5 Å². The molecule has 2 aromatic heterocycles. The van der Waals surface area contributed by atoms with Gasteiger partial charge in [-0.25, -0.2) is 15.0 Å². The largest absolute Gasteiger partial charge is 0.573 e. The van der Waals surface area contributed by atoms with Crippen molar-refractivity contribution in [2.24, 2.45) is 0 Å². The van der Waals surface area contributed by atoms with Crippen molar-refractivity contribution in [2.75, 3.05) is 23.8 Å². The molecular formula is C22H22F3N5O2. The maximum Gasteiger partial charge on any atom is 0.573 e. The molecule has 1 amide bonds. The van der Waals surface area contributed by atoms with Gasteiger partial charge in [-0.3, -0.25) is 4.79 Å². The Bertz CT molecular complexity index is 1040. The van der Waals surface area contributed by atoms with E-state index in [9.17, 15) is 18.0 Å². The average molecular weight is 445 g/mol. The lowest BCUT2D eigenvalue weighted by Crippen LogP contribution is -2.21. The molecule has 32 heavy (non-hydrogen) atoms. The Morgan fingerprint density at radius 1 is 1.12 bits per heavy atom. The molecule has 0 aliphatic heterocycles. The summed E-state index contributed by atoms with van der Waals surface area (Å²) >= 11 is 0. The number of nitrogens with zero attached hydrogens (tertiary/aromatic N) is 4. The number of pyridine rings is 1. The second-order valence-corrected chi connectivity index (χ2v) is 7.02. The molecular weight excluding hydrogens is 423 g/mol. The predicted octanol–water partition coefficient (Wildman–Crippen LogP) is 4.93. The Morgan fingerprint density at radius 2 is 1.81 bits per heavy atom. The third kappa shape index (κ3) is 6.16. The normalized spacial score (nSPS) is 11.2. The summed E-state index contributed by atoms with van der Waals surface area (Å²) in [4.78, 5) is 27.4. The zero-order valence-electron chi connectivity index (χ0n) is 17.6. The number of hydrogen-bond acceptors (Lipinski definition) is 6. The van der Waals surface area contributed by atoms with Crippen LogP contribution >= 0.6 is 0 Å². The Labute approximate surface area is 183 Å². The Hall–Kier alpha value is -3.69.